The van der Waals surface area contributed by atoms with Gasteiger partial charge >= 0.3 is 0 Å². The molecule has 3 N–H and O–H groups in total. The summed E-state index contributed by atoms with van der Waals surface area (Å²) >= 11 is 5.83. The zero-order valence-corrected chi connectivity index (χ0v) is 12.2. The van der Waals surface area contributed by atoms with Gasteiger partial charge < -0.3 is 11.1 Å². The fraction of sp³-hybridized carbons (Fsp3) is 0.286. The summed E-state index contributed by atoms with van der Waals surface area (Å²) in [5, 5.41) is 7.58. The van der Waals surface area contributed by atoms with Crippen molar-refractivity contribution in [3.8, 4) is 0 Å². The van der Waals surface area contributed by atoms with Crippen LogP contribution in [0.5, 0.6) is 0 Å². The summed E-state index contributed by atoms with van der Waals surface area (Å²) in [6, 6.07) is 7.01. The molecule has 0 saturated carbocycles. The molecular weight excluding hydrogens is 276 g/mol. The van der Waals surface area contributed by atoms with Gasteiger partial charge in [-0.15, -0.1) is 0 Å². The summed E-state index contributed by atoms with van der Waals surface area (Å²) in [7, 11) is 0. The van der Waals surface area contributed by atoms with Gasteiger partial charge in [-0.05, 0) is 38.1 Å². The number of carbonyl (C=O) groups excluding carboxylic acids is 1. The molecule has 2 aromatic rings. The van der Waals surface area contributed by atoms with Crippen molar-refractivity contribution < 1.29 is 4.79 Å². The molecule has 20 heavy (non-hydrogen) atoms. The number of hydrogen-bond acceptors (Lipinski definition) is 3. The van der Waals surface area contributed by atoms with Crippen LogP contribution in [-0.4, -0.2) is 15.7 Å². The minimum absolute atomic E-state index is 0.0840. The van der Waals surface area contributed by atoms with Crippen molar-refractivity contribution in [2.24, 2.45) is 0 Å². The number of aromatic nitrogens is 2. The largest absolute Gasteiger partial charge is 0.397 e. The van der Waals surface area contributed by atoms with Crippen molar-refractivity contribution in [1.29, 1.82) is 0 Å². The van der Waals surface area contributed by atoms with E-state index in [1.807, 2.05) is 24.6 Å². The van der Waals surface area contributed by atoms with E-state index in [2.05, 4.69) is 10.4 Å². The van der Waals surface area contributed by atoms with Gasteiger partial charge in [-0.25, -0.2) is 0 Å². The summed E-state index contributed by atoms with van der Waals surface area (Å²) in [5.74, 6) is -0.0840. The molecule has 1 amide bonds. The lowest BCUT2D eigenvalue weighted by Gasteiger charge is -2.08. The van der Waals surface area contributed by atoms with Crippen molar-refractivity contribution in [3.63, 3.8) is 0 Å². The van der Waals surface area contributed by atoms with Crippen LogP contribution in [0.1, 0.15) is 17.8 Å². The second kappa shape index (κ2) is 5.96. The fourth-order valence-electron chi connectivity index (χ4n) is 1.95. The summed E-state index contributed by atoms with van der Waals surface area (Å²) in [4.78, 5) is 11.9. The van der Waals surface area contributed by atoms with E-state index >= 15 is 0 Å². The molecular formula is C14H17ClN4O. The van der Waals surface area contributed by atoms with Crippen LogP contribution >= 0.6 is 11.6 Å². The molecule has 1 aromatic carbocycles. The number of aryl methyl sites for hydroxylation is 3. The molecule has 0 unspecified atom stereocenters. The number of hydrogen-bond donors (Lipinski definition) is 2. The van der Waals surface area contributed by atoms with E-state index in [-0.39, 0.29) is 5.91 Å². The van der Waals surface area contributed by atoms with E-state index in [1.54, 1.807) is 18.2 Å². The Labute approximate surface area is 122 Å². The molecule has 6 heteroatoms. The van der Waals surface area contributed by atoms with Gasteiger partial charge in [-0.1, -0.05) is 11.6 Å². The molecule has 0 fully saturated rings. The van der Waals surface area contributed by atoms with E-state index in [0.717, 1.165) is 11.4 Å². The van der Waals surface area contributed by atoms with E-state index in [4.69, 9.17) is 17.3 Å². The Hall–Kier alpha value is -2.01. The molecule has 0 aliphatic carbocycles. The molecule has 5 nitrogen and oxygen atoms in total. The number of rotatable bonds is 4. The molecule has 0 saturated heterocycles. The highest BCUT2D eigenvalue weighted by molar-refractivity contribution is 6.33. The lowest BCUT2D eigenvalue weighted by Crippen LogP contribution is -2.15. The van der Waals surface area contributed by atoms with Crippen molar-refractivity contribution in [2.45, 2.75) is 26.8 Å². The summed E-state index contributed by atoms with van der Waals surface area (Å²) in [6.07, 6.45) is 0.352. The topological polar surface area (TPSA) is 72.9 Å². The Balaban J connectivity index is 1.92. The predicted molar refractivity (Wildman–Crippen MR) is 80.8 cm³/mol. The molecule has 106 valence electrons. The number of anilines is 2. The minimum atomic E-state index is -0.0840. The number of nitrogens with one attached hydrogen (secondary N) is 1. The number of nitrogen functional groups attached to an aromatic ring is 1. The van der Waals surface area contributed by atoms with Gasteiger partial charge in [-0.3, -0.25) is 9.48 Å². The van der Waals surface area contributed by atoms with Crippen molar-refractivity contribution in [1.82, 2.24) is 9.78 Å². The first-order chi connectivity index (χ1) is 9.45. The first-order valence-corrected chi connectivity index (χ1v) is 6.69. The van der Waals surface area contributed by atoms with Crippen LogP contribution in [0, 0.1) is 13.8 Å². The van der Waals surface area contributed by atoms with Crippen molar-refractivity contribution >= 4 is 28.9 Å². The third-order valence-corrected chi connectivity index (χ3v) is 3.28. The zero-order valence-electron chi connectivity index (χ0n) is 11.5. The van der Waals surface area contributed by atoms with Gasteiger partial charge in [0.05, 0.1) is 16.4 Å². The van der Waals surface area contributed by atoms with E-state index < -0.39 is 0 Å². The van der Waals surface area contributed by atoms with Crippen LogP contribution in [0.25, 0.3) is 0 Å². The maximum Gasteiger partial charge on any atom is 0.226 e. The normalized spacial score (nSPS) is 10.6. The number of carbonyl (C=O) groups is 1. The second-order valence-electron chi connectivity index (χ2n) is 4.68. The molecule has 0 spiro atoms. The summed E-state index contributed by atoms with van der Waals surface area (Å²) < 4.78 is 1.82. The Morgan fingerprint density at radius 3 is 2.75 bits per heavy atom. The number of nitrogens with zero attached hydrogens (tertiary/aromatic N) is 2. The molecule has 1 heterocycles. The Bertz CT molecular complexity index is 636. The lowest BCUT2D eigenvalue weighted by molar-refractivity contribution is -0.116. The standard InChI is InChI=1S/C14H17ClN4O/c1-9-7-10(2)19(18-9)6-5-14(20)17-11-3-4-12(15)13(16)8-11/h3-4,7-8H,5-6,16H2,1-2H3,(H,17,20). The molecule has 0 atom stereocenters. The SMILES string of the molecule is Cc1cc(C)n(CCC(=O)Nc2ccc(Cl)c(N)c2)n1. The van der Waals surface area contributed by atoms with Crippen LogP contribution in [0.15, 0.2) is 24.3 Å². The highest BCUT2D eigenvalue weighted by atomic mass is 35.5. The Kier molecular flexibility index (Phi) is 4.29. The Morgan fingerprint density at radius 1 is 1.40 bits per heavy atom. The zero-order chi connectivity index (χ0) is 14.7. The molecule has 0 aliphatic rings. The van der Waals surface area contributed by atoms with Gasteiger partial charge in [0.15, 0.2) is 0 Å². The maximum absolute atomic E-state index is 11.9. The van der Waals surface area contributed by atoms with Crippen molar-refractivity contribution in [2.75, 3.05) is 11.1 Å². The third kappa shape index (κ3) is 3.51. The molecule has 1 aromatic heterocycles. The van der Waals surface area contributed by atoms with E-state index in [9.17, 15) is 4.79 Å². The summed E-state index contributed by atoms with van der Waals surface area (Å²) in [5.41, 5.74) is 8.78. The van der Waals surface area contributed by atoms with E-state index in [0.29, 0.717) is 29.4 Å². The van der Waals surface area contributed by atoms with E-state index in [1.165, 1.54) is 0 Å². The second-order valence-corrected chi connectivity index (χ2v) is 5.09. The van der Waals surface area contributed by atoms with Crippen LogP contribution in [-0.2, 0) is 11.3 Å². The third-order valence-electron chi connectivity index (χ3n) is 2.93. The number of benzene rings is 1. The quantitative estimate of drug-likeness (QED) is 0.851. The van der Waals surface area contributed by atoms with Gasteiger partial charge in [0.2, 0.25) is 5.91 Å². The maximum atomic E-state index is 11.9. The average Bonchev–Trinajstić information content (AvgIpc) is 2.70. The molecule has 0 aliphatic heterocycles. The van der Waals surface area contributed by atoms with Crippen LogP contribution in [0.3, 0.4) is 0 Å². The highest BCUT2D eigenvalue weighted by Gasteiger charge is 2.06. The highest BCUT2D eigenvalue weighted by Crippen LogP contribution is 2.22. The minimum Gasteiger partial charge on any atom is -0.397 e. The number of amides is 1. The lowest BCUT2D eigenvalue weighted by atomic mass is 10.2. The average molecular weight is 293 g/mol. The van der Waals surface area contributed by atoms with Crippen LogP contribution in [0.2, 0.25) is 5.02 Å². The number of nitrogens with two attached hydrogens (primary N) is 1. The summed E-state index contributed by atoms with van der Waals surface area (Å²) in [6.45, 7) is 4.45. The molecule has 0 radical (unpaired) electrons. The van der Waals surface area contributed by atoms with Gasteiger partial charge in [0.1, 0.15) is 0 Å². The van der Waals surface area contributed by atoms with Gasteiger partial charge in [0, 0.05) is 24.3 Å². The van der Waals surface area contributed by atoms with Gasteiger partial charge in [-0.2, -0.15) is 5.10 Å². The van der Waals surface area contributed by atoms with Crippen LogP contribution in [0.4, 0.5) is 11.4 Å². The first kappa shape index (κ1) is 14.4. The smallest absolute Gasteiger partial charge is 0.226 e. The van der Waals surface area contributed by atoms with Gasteiger partial charge in [0.25, 0.3) is 0 Å². The first-order valence-electron chi connectivity index (χ1n) is 6.31. The molecule has 0 bridgehead atoms. The fourth-order valence-corrected chi connectivity index (χ4v) is 2.07. The molecule has 2 rings (SSSR count). The van der Waals surface area contributed by atoms with Crippen molar-refractivity contribution in [3.05, 3.63) is 40.7 Å². The number of halogens is 1. The monoisotopic (exact) mass is 292 g/mol. The van der Waals surface area contributed by atoms with Crippen LogP contribution < -0.4 is 11.1 Å². The predicted octanol–water partition coefficient (Wildman–Crippen LogP) is 2.76. The Morgan fingerprint density at radius 2 is 2.15 bits per heavy atom.